The molecule has 3 aromatic carbocycles. The lowest BCUT2D eigenvalue weighted by Gasteiger charge is -2.25. The lowest BCUT2D eigenvalue weighted by molar-refractivity contribution is -0.697. The van der Waals surface area contributed by atoms with Crippen LogP contribution in [0.25, 0.3) is 11.1 Å². The van der Waals surface area contributed by atoms with Gasteiger partial charge < -0.3 is 4.90 Å². The number of anilines is 3. The maximum atomic E-state index is 2.31. The van der Waals surface area contributed by atoms with Crippen LogP contribution in [0.4, 0.5) is 17.1 Å². The Labute approximate surface area is 199 Å². The minimum atomic E-state index is 1.11. The highest BCUT2D eigenvalue weighted by Crippen LogP contribution is 2.35. The van der Waals surface area contributed by atoms with Gasteiger partial charge in [0.1, 0.15) is 6.54 Å². The number of rotatable bonds is 11. The normalized spacial score (nSPS) is 10.8. The van der Waals surface area contributed by atoms with E-state index in [2.05, 4.69) is 126 Å². The van der Waals surface area contributed by atoms with Crippen molar-refractivity contribution in [3.63, 3.8) is 0 Å². The van der Waals surface area contributed by atoms with Crippen molar-refractivity contribution in [2.24, 2.45) is 0 Å². The van der Waals surface area contributed by atoms with E-state index in [1.54, 1.807) is 0 Å². The monoisotopic (exact) mass is 435 g/mol. The standard InChI is InChI=1S/C31H35N2/c1-2-3-4-5-6-13-24-32-25-22-28(23-26-32)27-18-20-31(21-19-27)33(29-14-9-7-10-15-29)30-16-11-8-12-17-30/h7-12,14-23,25-26H,2-6,13,24H2,1H3/q+1. The summed E-state index contributed by atoms with van der Waals surface area (Å²) >= 11 is 0. The number of nitrogens with zero attached hydrogens (tertiary/aromatic N) is 2. The summed E-state index contributed by atoms with van der Waals surface area (Å²) in [6.07, 6.45) is 12.4. The number of benzene rings is 3. The Bertz CT molecular complexity index is 1030. The third kappa shape index (κ3) is 6.32. The Morgan fingerprint density at radius 3 is 1.58 bits per heavy atom. The van der Waals surface area contributed by atoms with E-state index in [1.165, 1.54) is 49.7 Å². The van der Waals surface area contributed by atoms with E-state index in [-0.39, 0.29) is 0 Å². The first-order chi connectivity index (χ1) is 16.3. The van der Waals surface area contributed by atoms with Crippen LogP contribution in [0, 0.1) is 0 Å². The van der Waals surface area contributed by atoms with Crippen molar-refractivity contribution in [2.75, 3.05) is 4.90 Å². The van der Waals surface area contributed by atoms with Crippen molar-refractivity contribution in [3.05, 3.63) is 109 Å². The van der Waals surface area contributed by atoms with Gasteiger partial charge in [-0.15, -0.1) is 0 Å². The third-order valence-electron chi connectivity index (χ3n) is 6.15. The van der Waals surface area contributed by atoms with E-state index < -0.39 is 0 Å². The zero-order valence-electron chi connectivity index (χ0n) is 19.7. The van der Waals surface area contributed by atoms with Crippen molar-refractivity contribution in [2.45, 2.75) is 52.0 Å². The molecule has 0 amide bonds. The average Bonchev–Trinajstić information content (AvgIpc) is 2.88. The molecule has 1 aromatic heterocycles. The van der Waals surface area contributed by atoms with Crippen LogP contribution in [-0.4, -0.2) is 0 Å². The first-order valence-corrected chi connectivity index (χ1v) is 12.3. The summed E-state index contributed by atoms with van der Waals surface area (Å²) in [4.78, 5) is 2.29. The van der Waals surface area contributed by atoms with E-state index in [0.29, 0.717) is 0 Å². The Hall–Kier alpha value is -3.39. The summed E-state index contributed by atoms with van der Waals surface area (Å²) in [5.74, 6) is 0. The van der Waals surface area contributed by atoms with Crippen LogP contribution in [0.5, 0.6) is 0 Å². The molecule has 0 atom stereocenters. The Balaban J connectivity index is 1.45. The van der Waals surface area contributed by atoms with Gasteiger partial charge in [0.2, 0.25) is 0 Å². The van der Waals surface area contributed by atoms with Gasteiger partial charge in [0.25, 0.3) is 0 Å². The van der Waals surface area contributed by atoms with Crippen LogP contribution in [0.3, 0.4) is 0 Å². The number of hydrogen-bond donors (Lipinski definition) is 0. The molecular formula is C31H35N2+. The van der Waals surface area contributed by atoms with Crippen LogP contribution in [0.15, 0.2) is 109 Å². The molecule has 0 radical (unpaired) electrons. The van der Waals surface area contributed by atoms with Gasteiger partial charge in [0.15, 0.2) is 12.4 Å². The third-order valence-corrected chi connectivity index (χ3v) is 6.15. The number of aryl methyl sites for hydroxylation is 1. The van der Waals surface area contributed by atoms with Crippen LogP contribution in [0.2, 0.25) is 0 Å². The second-order valence-corrected chi connectivity index (χ2v) is 8.65. The molecule has 4 rings (SSSR count). The fourth-order valence-corrected chi connectivity index (χ4v) is 4.28. The van der Waals surface area contributed by atoms with E-state index in [9.17, 15) is 0 Å². The van der Waals surface area contributed by atoms with E-state index in [4.69, 9.17) is 0 Å². The molecule has 0 unspecified atom stereocenters. The lowest BCUT2D eigenvalue weighted by atomic mass is 10.1. The molecule has 0 aliphatic carbocycles. The van der Waals surface area contributed by atoms with E-state index >= 15 is 0 Å². The molecule has 33 heavy (non-hydrogen) atoms. The number of unbranched alkanes of at least 4 members (excludes halogenated alkanes) is 5. The fraction of sp³-hybridized carbons (Fsp3) is 0.258. The Morgan fingerprint density at radius 1 is 0.515 bits per heavy atom. The molecule has 2 nitrogen and oxygen atoms in total. The Kier molecular flexibility index (Phi) is 8.30. The number of pyridine rings is 1. The highest BCUT2D eigenvalue weighted by Gasteiger charge is 2.12. The van der Waals surface area contributed by atoms with Gasteiger partial charge in [-0.05, 0) is 53.9 Å². The summed E-state index contributed by atoms with van der Waals surface area (Å²) in [6.45, 7) is 3.38. The van der Waals surface area contributed by atoms with Crippen LogP contribution >= 0.6 is 0 Å². The molecule has 0 saturated carbocycles. The predicted molar refractivity (Wildman–Crippen MR) is 140 cm³/mol. The molecule has 0 aliphatic rings. The molecule has 0 N–H and O–H groups in total. The van der Waals surface area contributed by atoms with Crippen molar-refractivity contribution in [3.8, 4) is 11.1 Å². The van der Waals surface area contributed by atoms with Gasteiger partial charge in [0, 0.05) is 35.6 Å². The zero-order chi connectivity index (χ0) is 22.7. The predicted octanol–water partition coefficient (Wildman–Crippen LogP) is 8.47. The Morgan fingerprint density at radius 2 is 1.00 bits per heavy atom. The lowest BCUT2D eigenvalue weighted by Crippen LogP contribution is -2.32. The molecule has 168 valence electrons. The van der Waals surface area contributed by atoms with Gasteiger partial charge in [-0.1, -0.05) is 81.1 Å². The summed E-state index contributed by atoms with van der Waals surface area (Å²) in [5, 5.41) is 0. The second kappa shape index (κ2) is 12.0. The van der Waals surface area contributed by atoms with Gasteiger partial charge in [-0.3, -0.25) is 0 Å². The maximum Gasteiger partial charge on any atom is 0.169 e. The van der Waals surface area contributed by atoms with Gasteiger partial charge in [-0.25, -0.2) is 4.57 Å². The SMILES string of the molecule is CCCCCCCC[n+]1ccc(-c2ccc(N(c3ccccc3)c3ccccc3)cc2)cc1. The molecule has 4 aromatic rings. The number of hydrogen-bond acceptors (Lipinski definition) is 1. The van der Waals surface area contributed by atoms with Crippen LogP contribution < -0.4 is 9.47 Å². The quantitative estimate of drug-likeness (QED) is 0.169. The molecule has 0 saturated heterocycles. The van der Waals surface area contributed by atoms with Gasteiger partial charge in [0.05, 0.1) is 0 Å². The van der Waals surface area contributed by atoms with E-state index in [1.807, 2.05) is 0 Å². The smallest absolute Gasteiger partial charge is 0.169 e. The minimum Gasteiger partial charge on any atom is -0.311 e. The molecule has 0 spiro atoms. The number of para-hydroxylation sites is 2. The zero-order valence-corrected chi connectivity index (χ0v) is 19.7. The molecule has 2 heteroatoms. The second-order valence-electron chi connectivity index (χ2n) is 8.65. The molecule has 0 fully saturated rings. The summed E-state index contributed by atoms with van der Waals surface area (Å²) < 4.78 is 2.31. The molecule has 0 bridgehead atoms. The summed E-state index contributed by atoms with van der Waals surface area (Å²) in [7, 11) is 0. The van der Waals surface area contributed by atoms with Crippen LogP contribution in [0.1, 0.15) is 45.4 Å². The highest BCUT2D eigenvalue weighted by atomic mass is 15.1. The fourth-order valence-electron chi connectivity index (χ4n) is 4.28. The van der Waals surface area contributed by atoms with Crippen molar-refractivity contribution < 1.29 is 4.57 Å². The van der Waals surface area contributed by atoms with E-state index in [0.717, 1.165) is 23.6 Å². The maximum absolute atomic E-state index is 2.31. The van der Waals surface area contributed by atoms with Crippen molar-refractivity contribution in [1.29, 1.82) is 0 Å². The largest absolute Gasteiger partial charge is 0.311 e. The molecular weight excluding hydrogens is 400 g/mol. The van der Waals surface area contributed by atoms with Crippen molar-refractivity contribution >= 4 is 17.1 Å². The van der Waals surface area contributed by atoms with Gasteiger partial charge in [-0.2, -0.15) is 0 Å². The van der Waals surface area contributed by atoms with Gasteiger partial charge >= 0.3 is 0 Å². The first-order valence-electron chi connectivity index (χ1n) is 12.3. The highest BCUT2D eigenvalue weighted by molar-refractivity contribution is 5.78. The topological polar surface area (TPSA) is 7.12 Å². The van der Waals surface area contributed by atoms with Crippen LogP contribution in [-0.2, 0) is 6.54 Å². The minimum absolute atomic E-state index is 1.11. The number of aromatic nitrogens is 1. The first kappa shape index (κ1) is 22.8. The summed E-state index contributed by atoms with van der Waals surface area (Å²) in [5.41, 5.74) is 5.97. The average molecular weight is 436 g/mol. The molecule has 0 aliphatic heterocycles. The summed E-state index contributed by atoms with van der Waals surface area (Å²) in [6, 6.07) is 34.4. The van der Waals surface area contributed by atoms with Crippen molar-refractivity contribution in [1.82, 2.24) is 0 Å². The molecule has 1 heterocycles.